The lowest BCUT2D eigenvalue weighted by Gasteiger charge is -2.41. The number of nitrogens with one attached hydrogen (secondary N) is 1. The number of hydrogen-bond acceptors (Lipinski definition) is 10. The van der Waals surface area contributed by atoms with Crippen molar-refractivity contribution in [3.63, 3.8) is 0 Å². The second kappa shape index (κ2) is 18.2. The van der Waals surface area contributed by atoms with Crippen molar-refractivity contribution in [1.82, 2.24) is 5.32 Å². The van der Waals surface area contributed by atoms with Crippen molar-refractivity contribution in [2.24, 2.45) is 11.1 Å². The van der Waals surface area contributed by atoms with E-state index in [1.165, 1.54) is 14.2 Å². The summed E-state index contributed by atoms with van der Waals surface area (Å²) in [5.41, 5.74) is 8.56. The predicted octanol–water partition coefficient (Wildman–Crippen LogP) is 6.82. The number of amides is 1. The molecule has 1 aliphatic rings. The van der Waals surface area contributed by atoms with Gasteiger partial charge in [0.15, 0.2) is 5.60 Å². The molecule has 0 bridgehead atoms. The van der Waals surface area contributed by atoms with Crippen LogP contribution in [0.1, 0.15) is 53.5 Å². The molecule has 0 spiro atoms. The molecule has 58 heavy (non-hydrogen) atoms. The fourth-order valence-corrected chi connectivity index (χ4v) is 7.63. The first-order valence-corrected chi connectivity index (χ1v) is 18.9. The number of fused-ring (bicyclic) bond motifs is 3. The van der Waals surface area contributed by atoms with Crippen molar-refractivity contribution < 1.29 is 48.0 Å². The van der Waals surface area contributed by atoms with Crippen LogP contribution in [0.3, 0.4) is 0 Å². The minimum Gasteiger partial charge on any atom is -0.496 e. The highest BCUT2D eigenvalue weighted by Crippen LogP contribution is 2.49. The molecule has 0 heterocycles. The number of nitrogens with two attached hydrogens (primary N) is 1. The summed E-state index contributed by atoms with van der Waals surface area (Å²) < 4.78 is 29.4. The van der Waals surface area contributed by atoms with Crippen LogP contribution in [0.25, 0.3) is 11.1 Å². The lowest BCUT2D eigenvalue weighted by molar-refractivity contribution is -0.177. The number of rotatable bonds is 17. The summed E-state index contributed by atoms with van der Waals surface area (Å²) in [6.45, 7) is 0.796. The molecule has 2 atom stereocenters. The van der Waals surface area contributed by atoms with Gasteiger partial charge in [-0.15, -0.1) is 0 Å². The molecular weight excluding hydrogens is 741 g/mol. The highest BCUT2D eigenvalue weighted by atomic mass is 16.6. The molecule has 0 aromatic heterocycles. The van der Waals surface area contributed by atoms with E-state index < -0.39 is 54.1 Å². The van der Waals surface area contributed by atoms with Gasteiger partial charge in [-0.3, -0.25) is 14.4 Å². The Kier molecular flexibility index (Phi) is 12.9. The highest BCUT2D eigenvalue weighted by Gasteiger charge is 2.52. The molecule has 1 aliphatic carbocycles. The van der Waals surface area contributed by atoms with Crippen molar-refractivity contribution >= 4 is 24.0 Å². The Morgan fingerprint density at radius 1 is 0.741 bits per heavy atom. The van der Waals surface area contributed by atoms with Crippen LogP contribution in [0.15, 0.2) is 127 Å². The number of aliphatic carboxylic acids is 1. The van der Waals surface area contributed by atoms with E-state index in [-0.39, 0.29) is 25.5 Å². The van der Waals surface area contributed by atoms with Gasteiger partial charge in [0.25, 0.3) is 0 Å². The molecule has 300 valence electrons. The van der Waals surface area contributed by atoms with Gasteiger partial charge in [-0.1, -0.05) is 122 Å². The quantitative estimate of drug-likeness (QED) is 0.0513. The lowest BCUT2D eigenvalue weighted by Crippen LogP contribution is -2.56. The molecule has 0 unspecified atom stereocenters. The zero-order chi connectivity index (χ0) is 41.3. The Morgan fingerprint density at radius 2 is 1.26 bits per heavy atom. The zero-order valence-corrected chi connectivity index (χ0v) is 32.5. The smallest absolute Gasteiger partial charge is 0.407 e. The number of alkyl carbamates (subject to hydrolysis) is 1. The summed E-state index contributed by atoms with van der Waals surface area (Å²) in [5, 5.41) is 12.8. The van der Waals surface area contributed by atoms with Crippen LogP contribution in [-0.4, -0.2) is 69.1 Å². The van der Waals surface area contributed by atoms with E-state index >= 15 is 0 Å². The van der Waals surface area contributed by atoms with Crippen LogP contribution in [0.5, 0.6) is 11.5 Å². The monoisotopic (exact) mass is 786 g/mol. The van der Waals surface area contributed by atoms with Crippen molar-refractivity contribution in [2.75, 3.05) is 34.0 Å². The van der Waals surface area contributed by atoms with Crippen molar-refractivity contribution in [1.29, 1.82) is 0 Å². The average molecular weight is 787 g/mol. The van der Waals surface area contributed by atoms with Gasteiger partial charge in [-0.2, -0.15) is 0 Å². The van der Waals surface area contributed by atoms with Gasteiger partial charge < -0.3 is 39.8 Å². The summed E-state index contributed by atoms with van der Waals surface area (Å²) in [6, 6.07) is 37.4. The molecule has 1 amide bonds. The van der Waals surface area contributed by atoms with Crippen molar-refractivity contribution in [3.05, 3.63) is 155 Å². The Hall–Kier alpha value is -6.50. The average Bonchev–Trinajstić information content (AvgIpc) is 3.58. The highest BCUT2D eigenvalue weighted by molar-refractivity contribution is 5.93. The van der Waals surface area contributed by atoms with E-state index in [1.807, 2.05) is 78.9 Å². The largest absolute Gasteiger partial charge is 0.496 e. The molecule has 5 aromatic rings. The Balaban J connectivity index is 1.21. The number of benzene rings is 5. The van der Waals surface area contributed by atoms with E-state index in [9.17, 15) is 24.3 Å². The summed E-state index contributed by atoms with van der Waals surface area (Å²) in [5.74, 6) is -3.00. The third-order valence-electron chi connectivity index (χ3n) is 10.7. The molecule has 6 rings (SSSR count). The van der Waals surface area contributed by atoms with Crippen molar-refractivity contribution in [2.45, 2.75) is 37.3 Å². The Bertz CT molecular complexity index is 2170. The second-order valence-corrected chi connectivity index (χ2v) is 13.8. The molecule has 4 N–H and O–H groups in total. The first kappa shape index (κ1) is 41.1. The summed E-state index contributed by atoms with van der Waals surface area (Å²) in [6.07, 6.45) is -1.36. The maximum Gasteiger partial charge on any atom is 0.407 e. The number of methoxy groups -OCH3 is 2. The maximum absolute atomic E-state index is 14.1. The van der Waals surface area contributed by atoms with Gasteiger partial charge in [0.1, 0.15) is 29.6 Å². The lowest BCUT2D eigenvalue weighted by atomic mass is 9.76. The first-order valence-electron chi connectivity index (χ1n) is 18.9. The van der Waals surface area contributed by atoms with Gasteiger partial charge in [-0.05, 0) is 46.4 Å². The number of ether oxygens (including phenoxy) is 5. The van der Waals surface area contributed by atoms with E-state index in [4.69, 9.17) is 29.4 Å². The fraction of sp³-hybridized carbons (Fsp3) is 0.261. The first-order chi connectivity index (χ1) is 28.1. The number of para-hydroxylation sites is 2. The van der Waals surface area contributed by atoms with Crippen LogP contribution in [0.4, 0.5) is 4.79 Å². The standard InChI is InChI=1S/C46H46N2O10/c1-4-45(41(47)42(50)51,29-57-46(30-16-6-5-7-17-30,36-22-12-14-24-38(36)54-2)37-23-13-15-25-39(37)55-3)43(52)58-40(49)26-27-48-44(53)56-28-35-33-20-10-8-18-31(33)32-19-9-11-21-34(32)35/h5-25,35,41H,4,26-29,47H2,1-3H3,(H,48,53)(H,50,51)/t41-,45+/m1/s1. The molecule has 0 fully saturated rings. The maximum atomic E-state index is 14.1. The third kappa shape index (κ3) is 8.02. The van der Waals surface area contributed by atoms with Crippen LogP contribution >= 0.6 is 0 Å². The molecular formula is C46H46N2O10. The fourth-order valence-electron chi connectivity index (χ4n) is 7.63. The van der Waals surface area contributed by atoms with E-state index in [1.54, 1.807) is 55.5 Å². The summed E-state index contributed by atoms with van der Waals surface area (Å²) in [4.78, 5) is 52.7. The van der Waals surface area contributed by atoms with E-state index in [2.05, 4.69) is 5.32 Å². The normalized spacial score (nSPS) is 13.6. The van der Waals surface area contributed by atoms with E-state index in [0.29, 0.717) is 28.2 Å². The number of carboxylic acid groups (broad SMARTS) is 1. The molecule has 12 nitrogen and oxygen atoms in total. The molecule has 0 saturated heterocycles. The number of esters is 2. The molecule has 0 aliphatic heterocycles. The Morgan fingerprint density at radius 3 is 1.79 bits per heavy atom. The van der Waals surface area contributed by atoms with Gasteiger partial charge in [0, 0.05) is 23.6 Å². The van der Waals surface area contributed by atoms with Crippen LogP contribution in [0, 0.1) is 5.41 Å². The minimum atomic E-state index is -2.08. The van der Waals surface area contributed by atoms with Crippen LogP contribution in [-0.2, 0) is 34.2 Å². The summed E-state index contributed by atoms with van der Waals surface area (Å²) >= 11 is 0. The summed E-state index contributed by atoms with van der Waals surface area (Å²) in [7, 11) is 3.03. The number of carboxylic acids is 1. The molecule has 12 heteroatoms. The van der Waals surface area contributed by atoms with Gasteiger partial charge in [0.05, 0.1) is 27.2 Å². The topological polar surface area (TPSA) is 173 Å². The van der Waals surface area contributed by atoms with Crippen LogP contribution < -0.4 is 20.5 Å². The number of carbonyl (C=O) groups excluding carboxylic acids is 3. The predicted molar refractivity (Wildman–Crippen MR) is 215 cm³/mol. The van der Waals surface area contributed by atoms with Crippen molar-refractivity contribution in [3.8, 4) is 22.6 Å². The van der Waals surface area contributed by atoms with E-state index in [0.717, 1.165) is 22.3 Å². The Labute approximate surface area is 336 Å². The SMILES string of the molecule is CC[C@@](COC(c1ccccc1)(c1ccccc1OC)c1ccccc1OC)(C(=O)OC(=O)CCNC(=O)OCC1c2ccccc2-c2ccccc21)[C@H](N)C(=O)O. The molecule has 5 aromatic carbocycles. The number of carbonyl (C=O) groups is 4. The molecule has 0 saturated carbocycles. The van der Waals surface area contributed by atoms with Gasteiger partial charge in [-0.25, -0.2) is 4.79 Å². The minimum absolute atomic E-state index is 0.0725. The molecule has 0 radical (unpaired) electrons. The second-order valence-electron chi connectivity index (χ2n) is 13.8. The van der Waals surface area contributed by atoms with Gasteiger partial charge >= 0.3 is 24.0 Å². The zero-order valence-electron chi connectivity index (χ0n) is 32.5. The van der Waals surface area contributed by atoms with Gasteiger partial charge in [0.2, 0.25) is 0 Å². The number of hydrogen-bond donors (Lipinski definition) is 3. The van der Waals surface area contributed by atoms with Crippen LogP contribution in [0.2, 0.25) is 0 Å². The third-order valence-corrected chi connectivity index (χ3v) is 10.7.